The second-order valence-corrected chi connectivity index (χ2v) is 9.56. The van der Waals surface area contributed by atoms with Crippen LogP contribution in [0, 0.1) is 0 Å². The molecular formula is C13H19N5O5S2. The molecule has 2 heterocycles. The van der Waals surface area contributed by atoms with Gasteiger partial charge in [0.15, 0.2) is 5.03 Å². The summed E-state index contributed by atoms with van der Waals surface area (Å²) in [6.45, 7) is 0.0113. The summed E-state index contributed by atoms with van der Waals surface area (Å²) in [5.74, 6) is 0.665. The van der Waals surface area contributed by atoms with Gasteiger partial charge in [0.25, 0.3) is 10.0 Å². The van der Waals surface area contributed by atoms with E-state index in [2.05, 4.69) is 19.6 Å². The van der Waals surface area contributed by atoms with Crippen molar-refractivity contribution in [1.82, 2.24) is 24.2 Å². The third-order valence-corrected chi connectivity index (χ3v) is 5.98. The summed E-state index contributed by atoms with van der Waals surface area (Å²) < 4.78 is 59.1. The third kappa shape index (κ3) is 4.26. The van der Waals surface area contributed by atoms with Crippen molar-refractivity contribution in [1.29, 1.82) is 0 Å². The van der Waals surface area contributed by atoms with Crippen LogP contribution in [-0.2, 0) is 46.5 Å². The summed E-state index contributed by atoms with van der Waals surface area (Å²) in [4.78, 5) is 3.87. The summed E-state index contributed by atoms with van der Waals surface area (Å²) >= 11 is 0. The quantitative estimate of drug-likeness (QED) is 0.666. The minimum atomic E-state index is -3.72. The van der Waals surface area contributed by atoms with E-state index >= 15 is 0 Å². The molecule has 0 aromatic carbocycles. The first kappa shape index (κ1) is 18.0. The van der Waals surface area contributed by atoms with Crippen LogP contribution in [0.2, 0.25) is 0 Å². The third-order valence-electron chi connectivity index (χ3n) is 3.90. The van der Waals surface area contributed by atoms with Gasteiger partial charge in [0, 0.05) is 31.3 Å². The van der Waals surface area contributed by atoms with Crippen LogP contribution in [-0.4, -0.2) is 43.8 Å². The van der Waals surface area contributed by atoms with Crippen molar-refractivity contribution in [2.24, 2.45) is 7.05 Å². The van der Waals surface area contributed by atoms with Crippen LogP contribution < -0.4 is 9.44 Å². The monoisotopic (exact) mass is 389 g/mol. The number of imidazole rings is 1. The van der Waals surface area contributed by atoms with Gasteiger partial charge in [0.2, 0.25) is 10.0 Å². The fourth-order valence-corrected chi connectivity index (χ4v) is 4.36. The van der Waals surface area contributed by atoms with Crippen molar-refractivity contribution in [2.45, 2.75) is 36.9 Å². The van der Waals surface area contributed by atoms with Crippen molar-refractivity contribution >= 4 is 20.0 Å². The molecule has 2 N–H and O–H groups in total. The van der Waals surface area contributed by atoms with Gasteiger partial charge in [0.05, 0.1) is 19.1 Å². The van der Waals surface area contributed by atoms with E-state index < -0.39 is 20.0 Å². The number of hydrogen-bond acceptors (Lipinski definition) is 7. The van der Waals surface area contributed by atoms with Gasteiger partial charge in [-0.15, -0.1) is 0 Å². The number of nitrogens with one attached hydrogen (secondary N) is 2. The molecule has 0 amide bonds. The average Bonchev–Trinajstić information content (AvgIpc) is 3.10. The van der Waals surface area contributed by atoms with Crippen LogP contribution in [0.1, 0.15) is 23.4 Å². The molecule has 0 saturated carbocycles. The molecule has 1 atom stereocenters. The first-order valence-corrected chi connectivity index (χ1v) is 10.9. The predicted octanol–water partition coefficient (Wildman–Crippen LogP) is -0.707. The van der Waals surface area contributed by atoms with Crippen molar-refractivity contribution in [2.75, 3.05) is 6.26 Å². The Kier molecular flexibility index (Phi) is 4.70. The topological polar surface area (TPSA) is 136 Å². The minimum absolute atomic E-state index is 0.0113. The Morgan fingerprint density at radius 1 is 1.36 bits per heavy atom. The first-order chi connectivity index (χ1) is 11.6. The minimum Gasteiger partial charge on any atom is -0.361 e. The van der Waals surface area contributed by atoms with Gasteiger partial charge in [-0.05, 0) is 12.8 Å². The van der Waals surface area contributed by atoms with Crippen LogP contribution in [0.15, 0.2) is 22.1 Å². The highest BCUT2D eigenvalue weighted by molar-refractivity contribution is 7.89. The van der Waals surface area contributed by atoms with E-state index in [0.29, 0.717) is 30.7 Å². The van der Waals surface area contributed by atoms with E-state index in [0.717, 1.165) is 11.8 Å². The molecule has 0 bridgehead atoms. The second-order valence-electron chi connectivity index (χ2n) is 6.06. The maximum atomic E-state index is 12.4. The fourth-order valence-electron chi connectivity index (χ4n) is 2.71. The predicted molar refractivity (Wildman–Crippen MR) is 87.5 cm³/mol. The lowest BCUT2D eigenvalue weighted by molar-refractivity contribution is 0.358. The fraction of sp³-hybridized carbons (Fsp3) is 0.538. The lowest BCUT2D eigenvalue weighted by Gasteiger charge is -2.22. The van der Waals surface area contributed by atoms with Crippen molar-refractivity contribution in [3.8, 4) is 0 Å². The Balaban J connectivity index is 1.73. The molecule has 1 aliphatic rings. The molecule has 1 aliphatic carbocycles. The number of sulfonamides is 2. The summed E-state index contributed by atoms with van der Waals surface area (Å²) in [6, 6.07) is -0.337. The van der Waals surface area contributed by atoms with Crippen LogP contribution in [0.25, 0.3) is 0 Å². The van der Waals surface area contributed by atoms with Gasteiger partial charge in [-0.3, -0.25) is 0 Å². The Morgan fingerprint density at radius 2 is 2.12 bits per heavy atom. The van der Waals surface area contributed by atoms with Gasteiger partial charge in [-0.1, -0.05) is 5.16 Å². The molecule has 0 radical (unpaired) electrons. The molecule has 10 nitrogen and oxygen atoms in total. The smallest absolute Gasteiger partial charge is 0.259 e. The van der Waals surface area contributed by atoms with E-state index in [9.17, 15) is 16.8 Å². The molecule has 1 unspecified atom stereocenters. The van der Waals surface area contributed by atoms with Crippen molar-refractivity contribution < 1.29 is 21.4 Å². The molecule has 0 aliphatic heterocycles. The van der Waals surface area contributed by atoms with Crippen molar-refractivity contribution in [3.63, 3.8) is 0 Å². The molecule has 12 heteroatoms. The molecule has 25 heavy (non-hydrogen) atoms. The Bertz CT molecular complexity index is 976. The summed E-state index contributed by atoms with van der Waals surface area (Å²) in [5, 5.41) is 3.86. The Hall–Kier alpha value is -1.76. The average molecular weight is 389 g/mol. The zero-order valence-electron chi connectivity index (χ0n) is 13.8. The lowest BCUT2D eigenvalue weighted by Crippen LogP contribution is -2.39. The number of aryl methyl sites for hydroxylation is 2. The van der Waals surface area contributed by atoms with E-state index in [1.165, 1.54) is 12.5 Å². The maximum Gasteiger partial charge on any atom is 0.259 e. The van der Waals surface area contributed by atoms with Crippen LogP contribution >= 0.6 is 0 Å². The normalized spacial score (nSPS) is 18.2. The van der Waals surface area contributed by atoms with Gasteiger partial charge in [-0.2, -0.15) is 0 Å². The van der Waals surface area contributed by atoms with Crippen LogP contribution in [0.4, 0.5) is 0 Å². The Morgan fingerprint density at radius 3 is 2.76 bits per heavy atom. The summed E-state index contributed by atoms with van der Waals surface area (Å²) in [6.07, 6.45) is 5.37. The highest BCUT2D eigenvalue weighted by atomic mass is 32.2. The van der Waals surface area contributed by atoms with Crippen LogP contribution in [0.5, 0.6) is 0 Å². The number of rotatable bonds is 6. The Labute approximate surface area is 145 Å². The number of hydrogen-bond donors (Lipinski definition) is 2. The largest absolute Gasteiger partial charge is 0.361 e. The first-order valence-electron chi connectivity index (χ1n) is 7.55. The van der Waals surface area contributed by atoms with E-state index in [4.69, 9.17) is 4.52 Å². The molecule has 0 spiro atoms. The zero-order chi connectivity index (χ0) is 18.2. The van der Waals surface area contributed by atoms with E-state index in [1.54, 1.807) is 11.6 Å². The summed E-state index contributed by atoms with van der Waals surface area (Å²) in [5.41, 5.74) is 1.22. The van der Waals surface area contributed by atoms with Gasteiger partial charge >= 0.3 is 0 Å². The highest BCUT2D eigenvalue weighted by Gasteiger charge is 2.29. The number of fused-ring (bicyclic) bond motifs is 1. The van der Waals surface area contributed by atoms with Gasteiger partial charge < -0.3 is 9.09 Å². The molecule has 0 saturated heterocycles. The molecule has 2 aromatic rings. The van der Waals surface area contributed by atoms with E-state index in [-0.39, 0.29) is 17.6 Å². The molecule has 2 aromatic heterocycles. The maximum absolute atomic E-state index is 12.4. The van der Waals surface area contributed by atoms with Crippen LogP contribution in [0.3, 0.4) is 0 Å². The standard InChI is InChI=1S/C13H19N5O5S2/c1-18-7-13(14-8-18)25(21,22)17-9-3-4-12-10(5-9)11(16-23-12)6-15-24(2,19)20/h7-9,15,17H,3-6H2,1-2H3. The highest BCUT2D eigenvalue weighted by Crippen LogP contribution is 2.25. The van der Waals surface area contributed by atoms with E-state index in [1.807, 2.05) is 0 Å². The van der Waals surface area contributed by atoms with Gasteiger partial charge in [0.1, 0.15) is 11.5 Å². The SMILES string of the molecule is Cn1cnc(S(=O)(=O)NC2CCc3onc(CNS(C)(=O)=O)c3C2)c1. The lowest BCUT2D eigenvalue weighted by atomic mass is 9.93. The molecule has 138 valence electrons. The second kappa shape index (κ2) is 6.52. The van der Waals surface area contributed by atoms with Gasteiger partial charge in [-0.25, -0.2) is 31.3 Å². The molecule has 0 fully saturated rings. The zero-order valence-corrected chi connectivity index (χ0v) is 15.4. The summed E-state index contributed by atoms with van der Waals surface area (Å²) in [7, 11) is -5.38. The molecule has 3 rings (SSSR count). The molecular weight excluding hydrogens is 370 g/mol. The number of nitrogens with zero attached hydrogens (tertiary/aromatic N) is 3. The number of aromatic nitrogens is 3. The van der Waals surface area contributed by atoms with Crippen molar-refractivity contribution in [3.05, 3.63) is 29.5 Å².